The van der Waals surface area contributed by atoms with Crippen LogP contribution in [0.1, 0.15) is 51.7 Å². The molecule has 1 aliphatic heterocycles. The predicted molar refractivity (Wildman–Crippen MR) is 134 cm³/mol. The standard InChI is InChI=1S/C23H31N6O7P/c1-23(27-28-24)20(31)18(35-21(23)29-14-13-19(30)25-22(29)32)15-34-37(33,36-17-11-7-4-8-12-17)26-16-9-5-2-3-6-10-16/h4,7-8,11-14,16,18,20-21,31H,2-3,5-6,9-10,15H2,1H3,(H,26,33)(H,25,30,32)/t18-,20-,21?,23-,37?/m1/s1. The SMILES string of the molecule is C[C@]1(N=[N+]=[N-])C(n2ccc(=O)[nH]c2=O)O[C@H](COP(=O)(NC2CCCCCC2)Oc2ccccc2)[C@H]1O. The fraction of sp³-hybridized carbons (Fsp3) is 0.565. The lowest BCUT2D eigenvalue weighted by atomic mass is 9.93. The van der Waals surface area contributed by atoms with Gasteiger partial charge < -0.3 is 14.4 Å². The maximum Gasteiger partial charge on any atom is 0.459 e. The largest absolute Gasteiger partial charge is 0.459 e. The molecular formula is C23H31N6O7P. The lowest BCUT2D eigenvalue weighted by Gasteiger charge is -2.28. The Bertz CT molecular complexity index is 1270. The number of hydrogen-bond donors (Lipinski definition) is 3. The van der Waals surface area contributed by atoms with Gasteiger partial charge in [0, 0.05) is 23.2 Å². The molecule has 0 spiro atoms. The maximum absolute atomic E-state index is 13.9. The number of aromatic amines is 1. The summed E-state index contributed by atoms with van der Waals surface area (Å²) < 4.78 is 32.4. The highest BCUT2D eigenvalue weighted by Gasteiger charge is 2.54. The zero-order valence-electron chi connectivity index (χ0n) is 20.4. The smallest absolute Gasteiger partial charge is 0.413 e. The molecule has 1 aromatic carbocycles. The molecule has 2 aliphatic rings. The summed E-state index contributed by atoms with van der Waals surface area (Å²) in [6.07, 6.45) is 3.19. The highest BCUT2D eigenvalue weighted by atomic mass is 31.2. The molecule has 1 aliphatic carbocycles. The molecule has 0 bridgehead atoms. The van der Waals surface area contributed by atoms with E-state index in [1.54, 1.807) is 30.3 Å². The number of aliphatic hydroxyl groups excluding tert-OH is 1. The molecule has 2 unspecified atom stereocenters. The molecule has 200 valence electrons. The third-order valence-electron chi connectivity index (χ3n) is 6.69. The fourth-order valence-electron chi connectivity index (χ4n) is 4.71. The minimum atomic E-state index is -3.93. The van der Waals surface area contributed by atoms with Gasteiger partial charge in [0.1, 0.15) is 17.4 Å². The van der Waals surface area contributed by atoms with Crippen molar-refractivity contribution in [1.29, 1.82) is 0 Å². The average Bonchev–Trinajstić information content (AvgIpc) is 3.01. The minimum Gasteiger partial charge on any atom is -0.413 e. The summed E-state index contributed by atoms with van der Waals surface area (Å²) in [5.41, 5.74) is 6.08. The van der Waals surface area contributed by atoms with Crippen molar-refractivity contribution in [2.24, 2.45) is 5.11 Å². The monoisotopic (exact) mass is 534 g/mol. The van der Waals surface area contributed by atoms with Gasteiger partial charge in [-0.3, -0.25) is 18.9 Å². The van der Waals surface area contributed by atoms with Crippen LogP contribution in [0.5, 0.6) is 5.75 Å². The van der Waals surface area contributed by atoms with Crippen LogP contribution in [0.2, 0.25) is 0 Å². The van der Waals surface area contributed by atoms with Crippen LogP contribution in [0, 0.1) is 0 Å². The highest BCUT2D eigenvalue weighted by Crippen LogP contribution is 2.48. The number of H-pyrrole nitrogens is 1. The highest BCUT2D eigenvalue weighted by molar-refractivity contribution is 7.52. The summed E-state index contributed by atoms with van der Waals surface area (Å²) in [7, 11) is -3.93. The summed E-state index contributed by atoms with van der Waals surface area (Å²) in [5, 5.41) is 17.8. The van der Waals surface area contributed by atoms with Crippen molar-refractivity contribution in [3.05, 3.63) is 73.9 Å². The molecule has 0 radical (unpaired) electrons. The lowest BCUT2D eigenvalue weighted by Crippen LogP contribution is -2.45. The van der Waals surface area contributed by atoms with Crippen molar-refractivity contribution in [3.8, 4) is 5.75 Å². The predicted octanol–water partition coefficient (Wildman–Crippen LogP) is 3.38. The van der Waals surface area contributed by atoms with E-state index in [4.69, 9.17) is 19.3 Å². The van der Waals surface area contributed by atoms with Crippen molar-refractivity contribution in [1.82, 2.24) is 14.6 Å². The van der Waals surface area contributed by atoms with Crippen LogP contribution in [-0.2, 0) is 13.8 Å². The molecule has 1 saturated heterocycles. The van der Waals surface area contributed by atoms with Gasteiger partial charge in [-0.2, -0.15) is 0 Å². The topological polar surface area (TPSA) is 181 Å². The van der Waals surface area contributed by atoms with Gasteiger partial charge in [0.05, 0.1) is 12.7 Å². The number of benzene rings is 1. The summed E-state index contributed by atoms with van der Waals surface area (Å²) in [4.78, 5) is 28.8. The number of azide groups is 1. The quantitative estimate of drug-likeness (QED) is 0.144. The van der Waals surface area contributed by atoms with Crippen LogP contribution in [0.15, 0.2) is 57.3 Å². The van der Waals surface area contributed by atoms with Crippen LogP contribution >= 0.6 is 7.75 Å². The Balaban J connectivity index is 1.57. The van der Waals surface area contributed by atoms with E-state index in [-0.39, 0.29) is 6.04 Å². The van der Waals surface area contributed by atoms with Crippen molar-refractivity contribution in [3.63, 3.8) is 0 Å². The number of rotatable bonds is 9. The summed E-state index contributed by atoms with van der Waals surface area (Å²) >= 11 is 0. The molecule has 4 rings (SSSR count). The maximum atomic E-state index is 13.9. The second kappa shape index (κ2) is 11.6. The Kier molecular flexibility index (Phi) is 8.53. The van der Waals surface area contributed by atoms with Gasteiger partial charge in [-0.15, -0.1) is 0 Å². The van der Waals surface area contributed by atoms with E-state index < -0.39 is 49.6 Å². The van der Waals surface area contributed by atoms with E-state index in [1.807, 2.05) is 0 Å². The van der Waals surface area contributed by atoms with Crippen LogP contribution in [0.4, 0.5) is 0 Å². The van der Waals surface area contributed by atoms with E-state index in [0.29, 0.717) is 5.75 Å². The average molecular weight is 535 g/mol. The Morgan fingerprint density at radius 3 is 2.59 bits per heavy atom. The van der Waals surface area contributed by atoms with E-state index >= 15 is 0 Å². The zero-order valence-corrected chi connectivity index (χ0v) is 21.3. The molecule has 13 nitrogen and oxygen atoms in total. The van der Waals surface area contributed by atoms with E-state index in [0.717, 1.165) is 49.2 Å². The molecular weight excluding hydrogens is 503 g/mol. The Morgan fingerprint density at radius 2 is 1.95 bits per heavy atom. The van der Waals surface area contributed by atoms with Crippen molar-refractivity contribution >= 4 is 7.75 Å². The Morgan fingerprint density at radius 1 is 1.24 bits per heavy atom. The molecule has 2 heterocycles. The number of para-hydroxylation sites is 1. The summed E-state index contributed by atoms with van der Waals surface area (Å²) in [6.45, 7) is 1.03. The summed E-state index contributed by atoms with van der Waals surface area (Å²) in [5.74, 6) is 0.344. The van der Waals surface area contributed by atoms with Crippen LogP contribution < -0.4 is 20.9 Å². The number of nitrogens with zero attached hydrogens (tertiary/aromatic N) is 4. The van der Waals surface area contributed by atoms with Crippen LogP contribution in [0.3, 0.4) is 0 Å². The first kappa shape index (κ1) is 27.1. The van der Waals surface area contributed by atoms with Crippen molar-refractivity contribution in [2.45, 2.75) is 75.5 Å². The van der Waals surface area contributed by atoms with E-state index in [1.165, 1.54) is 13.1 Å². The van der Waals surface area contributed by atoms with Crippen molar-refractivity contribution < 1.29 is 23.5 Å². The first-order valence-corrected chi connectivity index (χ1v) is 13.8. The van der Waals surface area contributed by atoms with Crippen molar-refractivity contribution in [2.75, 3.05) is 6.61 Å². The molecule has 2 aromatic rings. The van der Waals surface area contributed by atoms with Crippen LogP contribution in [0.25, 0.3) is 10.4 Å². The second-order valence-corrected chi connectivity index (χ2v) is 11.1. The molecule has 3 N–H and O–H groups in total. The molecule has 14 heteroatoms. The van der Waals surface area contributed by atoms with Gasteiger partial charge in [0.2, 0.25) is 0 Å². The molecule has 1 saturated carbocycles. The number of ether oxygens (including phenoxy) is 1. The van der Waals surface area contributed by atoms with Gasteiger partial charge in [0.15, 0.2) is 6.23 Å². The van der Waals surface area contributed by atoms with Gasteiger partial charge >= 0.3 is 13.4 Å². The van der Waals surface area contributed by atoms with Gasteiger partial charge in [-0.05, 0) is 37.4 Å². The van der Waals surface area contributed by atoms with E-state index in [9.17, 15) is 19.3 Å². The second-order valence-electron chi connectivity index (χ2n) is 9.42. The molecule has 37 heavy (non-hydrogen) atoms. The molecule has 0 amide bonds. The normalized spacial score (nSPS) is 28.1. The molecule has 5 atom stereocenters. The Labute approximate surface area is 213 Å². The molecule has 2 fully saturated rings. The first-order valence-electron chi connectivity index (χ1n) is 12.2. The third-order valence-corrected chi connectivity index (χ3v) is 8.31. The van der Waals surface area contributed by atoms with Crippen LogP contribution in [-0.4, -0.2) is 45.1 Å². The minimum absolute atomic E-state index is 0.0765. The fourth-order valence-corrected chi connectivity index (χ4v) is 6.34. The zero-order chi connectivity index (χ0) is 26.5. The Hall–Kier alpha value is -2.92. The van der Waals surface area contributed by atoms with Gasteiger partial charge in [0.25, 0.3) is 5.56 Å². The number of aliphatic hydroxyl groups is 1. The van der Waals surface area contributed by atoms with Gasteiger partial charge in [-0.1, -0.05) is 49.0 Å². The molecule has 1 aromatic heterocycles. The van der Waals surface area contributed by atoms with E-state index in [2.05, 4.69) is 20.1 Å². The first-order chi connectivity index (χ1) is 17.7. The number of aromatic nitrogens is 2. The number of hydrogen-bond acceptors (Lipinski definition) is 8. The number of nitrogens with one attached hydrogen (secondary N) is 2. The summed E-state index contributed by atoms with van der Waals surface area (Å²) in [6, 6.07) is 9.63. The lowest BCUT2D eigenvalue weighted by molar-refractivity contribution is -0.0457. The third kappa shape index (κ3) is 6.32. The van der Waals surface area contributed by atoms with Gasteiger partial charge in [-0.25, -0.2) is 14.4 Å².